The van der Waals surface area contributed by atoms with E-state index in [1.54, 1.807) is 6.20 Å². The molecule has 5 nitrogen and oxygen atoms in total. The molecule has 0 fully saturated rings. The molecule has 0 unspecified atom stereocenters. The van der Waals surface area contributed by atoms with E-state index >= 15 is 0 Å². The average Bonchev–Trinajstić information content (AvgIpc) is 2.95. The van der Waals surface area contributed by atoms with Crippen LogP contribution in [0.5, 0.6) is 0 Å². The minimum Gasteiger partial charge on any atom is -0.335 e. The van der Waals surface area contributed by atoms with Crippen LogP contribution < -0.4 is 0 Å². The van der Waals surface area contributed by atoms with Crippen LogP contribution in [0.4, 0.5) is 0 Å². The molecular weight excluding hydrogens is 262 g/mol. The Labute approximate surface area is 115 Å². The van der Waals surface area contributed by atoms with Gasteiger partial charge in [-0.3, -0.25) is 4.68 Å². The average molecular weight is 276 g/mol. The summed E-state index contributed by atoms with van der Waals surface area (Å²) < 4.78 is 1.92. The number of halogens is 1. The predicted molar refractivity (Wildman–Crippen MR) is 75.2 cm³/mol. The molecule has 0 saturated carbocycles. The van der Waals surface area contributed by atoms with Gasteiger partial charge in [0, 0.05) is 12.2 Å². The van der Waals surface area contributed by atoms with Crippen molar-refractivity contribution in [3.8, 4) is 11.5 Å². The fourth-order valence-electron chi connectivity index (χ4n) is 2.06. The zero-order valence-corrected chi connectivity index (χ0v) is 11.7. The van der Waals surface area contributed by atoms with Crippen LogP contribution in [-0.4, -0.2) is 24.7 Å². The molecule has 0 radical (unpaired) electrons. The molecule has 3 aromatic heterocycles. The van der Waals surface area contributed by atoms with Crippen LogP contribution in [0.15, 0.2) is 18.3 Å². The summed E-state index contributed by atoms with van der Waals surface area (Å²) in [5.74, 6) is 0.760. The SMILES string of the molecule is Cc1cc2[nH]c(-c3ccnn3C(C)C)nc2nc1Cl. The highest BCUT2D eigenvalue weighted by Crippen LogP contribution is 2.24. The van der Waals surface area contributed by atoms with Gasteiger partial charge in [0.1, 0.15) is 10.8 Å². The summed E-state index contributed by atoms with van der Waals surface area (Å²) in [4.78, 5) is 12.0. The Morgan fingerprint density at radius 2 is 2.11 bits per heavy atom. The number of nitrogens with one attached hydrogen (secondary N) is 1. The monoisotopic (exact) mass is 275 g/mol. The number of rotatable bonds is 2. The first-order valence-electron chi connectivity index (χ1n) is 6.13. The Bertz CT molecular complexity index is 702. The molecule has 1 N–H and O–H groups in total. The largest absolute Gasteiger partial charge is 0.335 e. The van der Waals surface area contributed by atoms with Crippen LogP contribution in [0.3, 0.4) is 0 Å². The number of aromatic nitrogens is 5. The van der Waals surface area contributed by atoms with E-state index < -0.39 is 0 Å². The molecule has 3 heterocycles. The van der Waals surface area contributed by atoms with E-state index in [2.05, 4.69) is 33.9 Å². The second-order valence-electron chi connectivity index (χ2n) is 4.81. The first-order chi connectivity index (χ1) is 9.06. The maximum Gasteiger partial charge on any atom is 0.179 e. The quantitative estimate of drug-likeness (QED) is 0.730. The smallest absolute Gasteiger partial charge is 0.179 e. The number of fused-ring (bicyclic) bond motifs is 1. The van der Waals surface area contributed by atoms with E-state index in [-0.39, 0.29) is 6.04 Å². The third-order valence-corrected chi connectivity index (χ3v) is 3.39. The molecule has 6 heteroatoms. The van der Waals surface area contributed by atoms with Crippen molar-refractivity contribution < 1.29 is 0 Å². The van der Waals surface area contributed by atoms with E-state index in [4.69, 9.17) is 11.6 Å². The molecule has 0 bridgehead atoms. The van der Waals surface area contributed by atoms with Gasteiger partial charge in [0.2, 0.25) is 0 Å². The van der Waals surface area contributed by atoms with Crippen molar-refractivity contribution in [1.82, 2.24) is 24.7 Å². The zero-order valence-electron chi connectivity index (χ0n) is 11.0. The Kier molecular flexibility index (Phi) is 2.78. The molecular formula is C13H14ClN5. The minimum absolute atomic E-state index is 0.275. The summed E-state index contributed by atoms with van der Waals surface area (Å²) in [6, 6.07) is 4.17. The van der Waals surface area contributed by atoms with Crippen molar-refractivity contribution in [1.29, 1.82) is 0 Å². The molecule has 0 aromatic carbocycles. The molecule has 0 aliphatic carbocycles. The van der Waals surface area contributed by atoms with E-state index in [1.165, 1.54) is 0 Å². The number of imidazole rings is 1. The minimum atomic E-state index is 0.275. The highest BCUT2D eigenvalue weighted by Gasteiger charge is 2.13. The summed E-state index contributed by atoms with van der Waals surface area (Å²) in [6.45, 7) is 6.09. The molecule has 0 amide bonds. The second-order valence-corrected chi connectivity index (χ2v) is 5.17. The lowest BCUT2D eigenvalue weighted by Crippen LogP contribution is -2.04. The van der Waals surface area contributed by atoms with Gasteiger partial charge in [-0.1, -0.05) is 11.6 Å². The second kappa shape index (κ2) is 4.35. The normalized spacial score (nSPS) is 11.6. The number of pyridine rings is 1. The van der Waals surface area contributed by atoms with Crippen molar-refractivity contribution >= 4 is 22.8 Å². The number of hydrogen-bond acceptors (Lipinski definition) is 3. The summed E-state index contributed by atoms with van der Waals surface area (Å²) in [7, 11) is 0. The number of H-pyrrole nitrogens is 1. The lowest BCUT2D eigenvalue weighted by atomic mass is 10.3. The molecule has 0 spiro atoms. The zero-order chi connectivity index (χ0) is 13.6. The first kappa shape index (κ1) is 12.2. The Morgan fingerprint density at radius 3 is 2.84 bits per heavy atom. The summed E-state index contributed by atoms with van der Waals surface area (Å²) in [6.07, 6.45) is 1.77. The van der Waals surface area contributed by atoms with Gasteiger partial charge in [-0.2, -0.15) is 5.10 Å². The van der Waals surface area contributed by atoms with Gasteiger partial charge in [0.05, 0.1) is 5.52 Å². The Morgan fingerprint density at radius 1 is 1.32 bits per heavy atom. The topological polar surface area (TPSA) is 59.4 Å². The van der Waals surface area contributed by atoms with Crippen LogP contribution in [0.25, 0.3) is 22.7 Å². The van der Waals surface area contributed by atoms with Gasteiger partial charge in [-0.15, -0.1) is 0 Å². The Hall–Kier alpha value is -1.88. The number of nitrogens with zero attached hydrogens (tertiary/aromatic N) is 4. The van der Waals surface area contributed by atoms with Crippen molar-refractivity contribution in [3.63, 3.8) is 0 Å². The van der Waals surface area contributed by atoms with Crippen LogP contribution in [-0.2, 0) is 0 Å². The van der Waals surface area contributed by atoms with Crippen LogP contribution in [0.2, 0.25) is 5.15 Å². The van der Waals surface area contributed by atoms with Gasteiger partial charge >= 0.3 is 0 Å². The van der Waals surface area contributed by atoms with Crippen molar-refractivity contribution in [2.75, 3.05) is 0 Å². The standard InChI is InChI=1S/C13H14ClN5/c1-7(2)19-10(4-5-15-19)13-16-9-6-8(3)11(14)17-12(9)18-13/h4-7H,1-3H3,(H,16,17,18). The number of hydrogen-bond donors (Lipinski definition) is 1. The predicted octanol–water partition coefficient (Wildman–Crippen LogP) is 3.36. The summed E-state index contributed by atoms with van der Waals surface area (Å²) >= 11 is 6.02. The van der Waals surface area contributed by atoms with Crippen LogP contribution in [0, 0.1) is 6.92 Å². The van der Waals surface area contributed by atoms with Gasteiger partial charge in [0.15, 0.2) is 11.5 Å². The maximum absolute atomic E-state index is 6.02. The third-order valence-electron chi connectivity index (χ3n) is 3.00. The molecule has 19 heavy (non-hydrogen) atoms. The van der Waals surface area contributed by atoms with E-state index in [0.29, 0.717) is 10.8 Å². The van der Waals surface area contributed by atoms with Gasteiger partial charge in [0.25, 0.3) is 0 Å². The van der Waals surface area contributed by atoms with E-state index in [0.717, 1.165) is 22.6 Å². The molecule has 3 rings (SSSR count). The summed E-state index contributed by atoms with van der Waals surface area (Å²) in [5, 5.41) is 4.80. The molecule has 0 atom stereocenters. The lowest BCUT2D eigenvalue weighted by molar-refractivity contribution is 0.537. The van der Waals surface area contributed by atoms with Gasteiger partial charge in [-0.05, 0) is 38.5 Å². The van der Waals surface area contributed by atoms with Gasteiger partial charge in [-0.25, -0.2) is 9.97 Å². The maximum atomic E-state index is 6.02. The fourth-order valence-corrected chi connectivity index (χ4v) is 2.19. The third kappa shape index (κ3) is 2.00. The van der Waals surface area contributed by atoms with Crippen molar-refractivity contribution in [3.05, 3.63) is 29.0 Å². The van der Waals surface area contributed by atoms with Gasteiger partial charge < -0.3 is 4.98 Å². The molecule has 0 aliphatic rings. The Balaban J connectivity index is 2.18. The fraction of sp³-hybridized carbons (Fsp3) is 0.308. The summed E-state index contributed by atoms with van der Waals surface area (Å²) in [5.41, 5.74) is 3.39. The highest BCUT2D eigenvalue weighted by molar-refractivity contribution is 6.30. The first-order valence-corrected chi connectivity index (χ1v) is 6.51. The van der Waals surface area contributed by atoms with Crippen molar-refractivity contribution in [2.45, 2.75) is 26.8 Å². The number of aryl methyl sites for hydroxylation is 1. The van der Waals surface area contributed by atoms with Crippen LogP contribution in [0.1, 0.15) is 25.5 Å². The highest BCUT2D eigenvalue weighted by atomic mass is 35.5. The number of aromatic amines is 1. The molecule has 0 aliphatic heterocycles. The molecule has 98 valence electrons. The lowest BCUT2D eigenvalue weighted by Gasteiger charge is -2.08. The van der Waals surface area contributed by atoms with Crippen LogP contribution >= 0.6 is 11.6 Å². The van der Waals surface area contributed by atoms with E-state index in [1.807, 2.05) is 23.7 Å². The molecule has 0 saturated heterocycles. The molecule has 3 aromatic rings. The van der Waals surface area contributed by atoms with Crippen molar-refractivity contribution in [2.24, 2.45) is 0 Å². The van der Waals surface area contributed by atoms with E-state index in [9.17, 15) is 0 Å².